The van der Waals surface area contributed by atoms with Crippen molar-refractivity contribution in [2.45, 2.75) is 32.7 Å². The van der Waals surface area contributed by atoms with E-state index in [-0.39, 0.29) is 17.6 Å². The van der Waals surface area contributed by atoms with Crippen molar-refractivity contribution in [1.29, 1.82) is 0 Å². The SMILES string of the molecule is CC(=O)NC1CCN(c2cc(C)nc(-c3cccc([N+](=O)[O-])c3)n2)CC1. The van der Waals surface area contributed by atoms with E-state index in [0.717, 1.165) is 37.4 Å². The molecule has 0 unspecified atom stereocenters. The maximum Gasteiger partial charge on any atom is 0.270 e. The molecule has 0 spiro atoms. The molecule has 0 radical (unpaired) electrons. The molecule has 1 fully saturated rings. The molecule has 8 nitrogen and oxygen atoms in total. The highest BCUT2D eigenvalue weighted by molar-refractivity contribution is 5.73. The van der Waals surface area contributed by atoms with Gasteiger partial charge in [-0.25, -0.2) is 9.97 Å². The first-order chi connectivity index (χ1) is 12.4. The van der Waals surface area contributed by atoms with Crippen molar-refractivity contribution in [3.8, 4) is 11.4 Å². The number of anilines is 1. The van der Waals surface area contributed by atoms with Gasteiger partial charge in [0.2, 0.25) is 5.91 Å². The van der Waals surface area contributed by atoms with Crippen molar-refractivity contribution in [3.05, 3.63) is 46.1 Å². The topological polar surface area (TPSA) is 101 Å². The van der Waals surface area contributed by atoms with E-state index in [4.69, 9.17) is 0 Å². The number of hydrogen-bond donors (Lipinski definition) is 1. The minimum atomic E-state index is -0.424. The first kappa shape index (κ1) is 17.8. The predicted octanol–water partition coefficient (Wildman–Crippen LogP) is 2.47. The van der Waals surface area contributed by atoms with Crippen LogP contribution in [-0.4, -0.2) is 39.9 Å². The summed E-state index contributed by atoms with van der Waals surface area (Å²) in [6.07, 6.45) is 1.71. The van der Waals surface area contributed by atoms with Gasteiger partial charge in [-0.3, -0.25) is 14.9 Å². The Labute approximate surface area is 151 Å². The number of non-ortho nitro benzene ring substituents is 1. The fourth-order valence-electron chi connectivity index (χ4n) is 3.14. The molecule has 2 heterocycles. The fraction of sp³-hybridized carbons (Fsp3) is 0.389. The number of aromatic nitrogens is 2. The van der Waals surface area contributed by atoms with Crippen LogP contribution in [-0.2, 0) is 4.79 Å². The zero-order chi connectivity index (χ0) is 18.7. The molecule has 1 aliphatic heterocycles. The number of piperidine rings is 1. The van der Waals surface area contributed by atoms with Crippen LogP contribution in [0.2, 0.25) is 0 Å². The summed E-state index contributed by atoms with van der Waals surface area (Å²) in [6, 6.07) is 8.46. The van der Waals surface area contributed by atoms with Crippen LogP contribution in [0, 0.1) is 17.0 Å². The second kappa shape index (κ2) is 7.47. The summed E-state index contributed by atoms with van der Waals surface area (Å²) in [6.45, 7) is 4.99. The van der Waals surface area contributed by atoms with Crippen LogP contribution in [0.1, 0.15) is 25.5 Å². The van der Waals surface area contributed by atoms with Crippen LogP contribution in [0.3, 0.4) is 0 Å². The molecular formula is C18H21N5O3. The molecule has 136 valence electrons. The molecule has 1 amide bonds. The van der Waals surface area contributed by atoms with Crippen LogP contribution in [0.4, 0.5) is 11.5 Å². The molecular weight excluding hydrogens is 334 g/mol. The van der Waals surface area contributed by atoms with Crippen molar-refractivity contribution in [1.82, 2.24) is 15.3 Å². The number of hydrogen-bond acceptors (Lipinski definition) is 6. The highest BCUT2D eigenvalue weighted by atomic mass is 16.6. The molecule has 26 heavy (non-hydrogen) atoms. The third-order valence-electron chi connectivity index (χ3n) is 4.38. The van der Waals surface area contributed by atoms with Crippen molar-refractivity contribution >= 4 is 17.4 Å². The van der Waals surface area contributed by atoms with Crippen LogP contribution in [0.5, 0.6) is 0 Å². The third-order valence-corrected chi connectivity index (χ3v) is 4.38. The van der Waals surface area contributed by atoms with E-state index in [1.54, 1.807) is 12.1 Å². The van der Waals surface area contributed by atoms with Gasteiger partial charge in [-0.1, -0.05) is 12.1 Å². The lowest BCUT2D eigenvalue weighted by atomic mass is 10.0. The van der Waals surface area contributed by atoms with Crippen LogP contribution in [0.15, 0.2) is 30.3 Å². The Morgan fingerprint density at radius 2 is 2.00 bits per heavy atom. The van der Waals surface area contributed by atoms with Gasteiger partial charge in [0.25, 0.3) is 5.69 Å². The molecule has 2 aromatic rings. The molecule has 0 saturated carbocycles. The minimum Gasteiger partial charge on any atom is -0.356 e. The molecule has 0 atom stereocenters. The van der Waals surface area contributed by atoms with Crippen molar-refractivity contribution in [3.63, 3.8) is 0 Å². The van der Waals surface area contributed by atoms with Gasteiger partial charge in [0, 0.05) is 55.5 Å². The van der Waals surface area contributed by atoms with Gasteiger partial charge in [0.05, 0.1) is 4.92 Å². The maximum atomic E-state index is 11.2. The summed E-state index contributed by atoms with van der Waals surface area (Å²) < 4.78 is 0. The number of nitro benzene ring substituents is 1. The second-order valence-corrected chi connectivity index (χ2v) is 6.46. The summed E-state index contributed by atoms with van der Waals surface area (Å²) in [7, 11) is 0. The van der Waals surface area contributed by atoms with Gasteiger partial charge >= 0.3 is 0 Å². The lowest BCUT2D eigenvalue weighted by Gasteiger charge is -2.33. The Hall–Kier alpha value is -3.03. The normalized spacial score (nSPS) is 14.9. The zero-order valence-electron chi connectivity index (χ0n) is 14.8. The van der Waals surface area contributed by atoms with E-state index in [1.807, 2.05) is 13.0 Å². The number of nitro groups is 1. The Morgan fingerprint density at radius 3 is 2.65 bits per heavy atom. The van der Waals surface area contributed by atoms with Crippen LogP contribution >= 0.6 is 0 Å². The molecule has 0 bridgehead atoms. The Kier molecular flexibility index (Phi) is 5.11. The standard InChI is InChI=1S/C18H21N5O3/c1-12-10-17(22-8-6-15(7-9-22)20-13(2)24)21-18(19-12)14-4-3-5-16(11-14)23(25)26/h3-5,10-11,15H,6-9H2,1-2H3,(H,20,24). The molecule has 1 aromatic carbocycles. The molecule has 1 aliphatic rings. The zero-order valence-corrected chi connectivity index (χ0v) is 14.8. The smallest absolute Gasteiger partial charge is 0.270 e. The number of amides is 1. The number of nitrogens with one attached hydrogen (secondary N) is 1. The van der Waals surface area contributed by atoms with Gasteiger partial charge in [-0.05, 0) is 19.8 Å². The van der Waals surface area contributed by atoms with E-state index < -0.39 is 4.92 Å². The molecule has 3 rings (SSSR count). The van der Waals surface area contributed by atoms with Crippen molar-refractivity contribution < 1.29 is 9.72 Å². The van der Waals surface area contributed by atoms with Gasteiger partial charge in [0.1, 0.15) is 5.82 Å². The van der Waals surface area contributed by atoms with E-state index in [1.165, 1.54) is 19.1 Å². The monoisotopic (exact) mass is 355 g/mol. The maximum absolute atomic E-state index is 11.2. The lowest BCUT2D eigenvalue weighted by molar-refractivity contribution is -0.384. The van der Waals surface area contributed by atoms with Crippen LogP contribution in [0.25, 0.3) is 11.4 Å². The quantitative estimate of drug-likeness (QED) is 0.668. The number of carbonyl (C=O) groups is 1. The van der Waals surface area contributed by atoms with Crippen LogP contribution < -0.4 is 10.2 Å². The number of benzene rings is 1. The van der Waals surface area contributed by atoms with E-state index in [0.29, 0.717) is 11.4 Å². The number of nitrogens with zero attached hydrogens (tertiary/aromatic N) is 4. The highest BCUT2D eigenvalue weighted by Gasteiger charge is 2.21. The van der Waals surface area contributed by atoms with Gasteiger partial charge < -0.3 is 10.2 Å². The Balaban J connectivity index is 1.82. The van der Waals surface area contributed by atoms with E-state index in [2.05, 4.69) is 20.2 Å². The summed E-state index contributed by atoms with van der Waals surface area (Å²) in [4.78, 5) is 33.0. The molecule has 1 saturated heterocycles. The largest absolute Gasteiger partial charge is 0.356 e. The predicted molar refractivity (Wildman–Crippen MR) is 97.9 cm³/mol. The summed E-state index contributed by atoms with van der Waals surface area (Å²) in [5, 5.41) is 14.0. The molecule has 1 aromatic heterocycles. The first-order valence-corrected chi connectivity index (χ1v) is 8.55. The summed E-state index contributed by atoms with van der Waals surface area (Å²) in [5.74, 6) is 1.28. The van der Waals surface area contributed by atoms with Gasteiger partial charge in [-0.15, -0.1) is 0 Å². The molecule has 1 N–H and O–H groups in total. The Bertz CT molecular complexity index is 831. The average molecular weight is 355 g/mol. The number of aryl methyl sites for hydroxylation is 1. The van der Waals surface area contributed by atoms with Gasteiger partial charge in [-0.2, -0.15) is 0 Å². The highest BCUT2D eigenvalue weighted by Crippen LogP contribution is 2.25. The third kappa shape index (κ3) is 4.14. The lowest BCUT2D eigenvalue weighted by Crippen LogP contribution is -2.44. The van der Waals surface area contributed by atoms with Crippen molar-refractivity contribution in [2.24, 2.45) is 0 Å². The average Bonchev–Trinajstić information content (AvgIpc) is 2.61. The number of rotatable bonds is 4. The Morgan fingerprint density at radius 1 is 1.27 bits per heavy atom. The van der Waals surface area contributed by atoms with E-state index >= 15 is 0 Å². The van der Waals surface area contributed by atoms with Crippen molar-refractivity contribution in [2.75, 3.05) is 18.0 Å². The first-order valence-electron chi connectivity index (χ1n) is 8.55. The number of carbonyl (C=O) groups excluding carboxylic acids is 1. The van der Waals surface area contributed by atoms with E-state index in [9.17, 15) is 14.9 Å². The van der Waals surface area contributed by atoms with Gasteiger partial charge in [0.15, 0.2) is 5.82 Å². The molecule has 0 aliphatic carbocycles. The minimum absolute atomic E-state index is 0.00529. The fourth-order valence-corrected chi connectivity index (χ4v) is 3.14. The summed E-state index contributed by atoms with van der Waals surface area (Å²) >= 11 is 0. The molecule has 8 heteroatoms. The summed E-state index contributed by atoms with van der Waals surface area (Å²) in [5.41, 5.74) is 1.45. The second-order valence-electron chi connectivity index (χ2n) is 6.46.